The van der Waals surface area contributed by atoms with Crippen LogP contribution in [-0.4, -0.2) is 43.2 Å². The lowest BCUT2D eigenvalue weighted by Crippen LogP contribution is -2.41. The van der Waals surface area contributed by atoms with Crippen LogP contribution in [0.3, 0.4) is 0 Å². The molecule has 1 aromatic carbocycles. The minimum Gasteiger partial charge on any atom is -0.361 e. The number of aryl methyl sites for hydroxylation is 2. The SMILES string of the molecule is CCNC(=NCc1c(CC)noc1CC)NCC(c1ccccc1)N(C)C.I. The van der Waals surface area contributed by atoms with Gasteiger partial charge in [-0.25, -0.2) is 4.99 Å². The number of rotatable bonds is 9. The Morgan fingerprint density at radius 2 is 1.82 bits per heavy atom. The fourth-order valence-electron chi connectivity index (χ4n) is 3.08. The second kappa shape index (κ2) is 12.8. The highest BCUT2D eigenvalue weighted by Gasteiger charge is 2.15. The van der Waals surface area contributed by atoms with Crippen LogP contribution in [0.1, 0.15) is 49.4 Å². The molecule has 1 atom stereocenters. The van der Waals surface area contributed by atoms with Crippen molar-refractivity contribution in [1.82, 2.24) is 20.7 Å². The van der Waals surface area contributed by atoms with Crippen molar-refractivity contribution in [3.8, 4) is 0 Å². The van der Waals surface area contributed by atoms with E-state index in [0.717, 1.165) is 48.9 Å². The summed E-state index contributed by atoms with van der Waals surface area (Å²) in [4.78, 5) is 6.99. The Hall–Kier alpha value is -1.61. The van der Waals surface area contributed by atoms with Crippen LogP contribution in [0, 0.1) is 0 Å². The van der Waals surface area contributed by atoms with Crippen molar-refractivity contribution in [2.24, 2.45) is 4.99 Å². The van der Waals surface area contributed by atoms with Crippen molar-refractivity contribution in [3.63, 3.8) is 0 Å². The Bertz CT molecular complexity index is 693. The Kier molecular flexibility index (Phi) is 11.1. The Morgan fingerprint density at radius 1 is 1.11 bits per heavy atom. The fourth-order valence-corrected chi connectivity index (χ4v) is 3.08. The zero-order chi connectivity index (χ0) is 19.6. The number of guanidine groups is 1. The smallest absolute Gasteiger partial charge is 0.191 e. The number of benzene rings is 1. The first kappa shape index (κ1) is 24.4. The van der Waals surface area contributed by atoms with E-state index in [1.165, 1.54) is 5.56 Å². The molecule has 0 saturated heterocycles. The van der Waals surface area contributed by atoms with Gasteiger partial charge in [0.1, 0.15) is 5.76 Å². The second-order valence-electron chi connectivity index (χ2n) is 6.70. The van der Waals surface area contributed by atoms with Crippen LogP contribution in [0.4, 0.5) is 0 Å². The van der Waals surface area contributed by atoms with E-state index in [1.807, 2.05) is 6.07 Å². The molecule has 0 bridgehead atoms. The molecule has 6 nitrogen and oxygen atoms in total. The van der Waals surface area contributed by atoms with Crippen LogP contribution in [0.5, 0.6) is 0 Å². The molecule has 0 aliphatic carbocycles. The predicted octanol–water partition coefficient (Wildman–Crippen LogP) is 3.78. The van der Waals surface area contributed by atoms with Crippen molar-refractivity contribution in [2.75, 3.05) is 27.2 Å². The number of hydrogen-bond acceptors (Lipinski definition) is 4. The molecule has 0 saturated carbocycles. The van der Waals surface area contributed by atoms with Crippen molar-refractivity contribution in [1.29, 1.82) is 0 Å². The molecule has 0 aliphatic rings. The molecular weight excluding hydrogens is 465 g/mol. The highest BCUT2D eigenvalue weighted by Crippen LogP contribution is 2.18. The molecule has 0 aliphatic heterocycles. The summed E-state index contributed by atoms with van der Waals surface area (Å²) in [6, 6.07) is 10.8. The third kappa shape index (κ3) is 6.77. The number of likely N-dealkylation sites (N-methyl/N-ethyl adjacent to an activating group) is 1. The summed E-state index contributed by atoms with van der Waals surface area (Å²) < 4.78 is 5.45. The van der Waals surface area contributed by atoms with E-state index in [2.05, 4.69) is 79.8 Å². The minimum absolute atomic E-state index is 0. The van der Waals surface area contributed by atoms with E-state index in [0.29, 0.717) is 6.54 Å². The molecule has 0 amide bonds. The van der Waals surface area contributed by atoms with Crippen LogP contribution in [0.2, 0.25) is 0 Å². The maximum Gasteiger partial charge on any atom is 0.191 e. The number of aromatic nitrogens is 1. The zero-order valence-electron chi connectivity index (χ0n) is 17.7. The van der Waals surface area contributed by atoms with Gasteiger partial charge < -0.3 is 20.1 Å². The lowest BCUT2D eigenvalue weighted by molar-refractivity contribution is 0.298. The molecule has 2 rings (SSSR count). The lowest BCUT2D eigenvalue weighted by atomic mass is 10.1. The van der Waals surface area contributed by atoms with Crippen molar-refractivity contribution in [2.45, 2.75) is 46.2 Å². The predicted molar refractivity (Wildman–Crippen MR) is 126 cm³/mol. The van der Waals surface area contributed by atoms with Crippen molar-refractivity contribution in [3.05, 3.63) is 52.9 Å². The van der Waals surface area contributed by atoms with Crippen LogP contribution in [0.15, 0.2) is 39.8 Å². The Labute approximate surface area is 186 Å². The van der Waals surface area contributed by atoms with E-state index >= 15 is 0 Å². The van der Waals surface area contributed by atoms with E-state index < -0.39 is 0 Å². The van der Waals surface area contributed by atoms with Crippen molar-refractivity contribution >= 4 is 29.9 Å². The summed E-state index contributed by atoms with van der Waals surface area (Å²) in [6.07, 6.45) is 1.69. The molecule has 28 heavy (non-hydrogen) atoms. The summed E-state index contributed by atoms with van der Waals surface area (Å²) in [5.74, 6) is 1.74. The number of halogens is 1. The number of hydrogen-bond donors (Lipinski definition) is 2. The van der Waals surface area contributed by atoms with Crippen molar-refractivity contribution < 1.29 is 4.52 Å². The van der Waals surface area contributed by atoms with Crippen LogP contribution >= 0.6 is 24.0 Å². The monoisotopic (exact) mass is 499 g/mol. The van der Waals surface area contributed by atoms with Gasteiger partial charge in [-0.05, 0) is 33.0 Å². The first-order chi connectivity index (χ1) is 13.1. The van der Waals surface area contributed by atoms with Gasteiger partial charge in [0.15, 0.2) is 5.96 Å². The second-order valence-corrected chi connectivity index (χ2v) is 6.70. The Morgan fingerprint density at radius 3 is 2.39 bits per heavy atom. The molecule has 1 aromatic heterocycles. The maximum atomic E-state index is 5.45. The number of aliphatic imine (C=N–C) groups is 1. The third-order valence-corrected chi connectivity index (χ3v) is 4.62. The highest BCUT2D eigenvalue weighted by atomic mass is 127. The quantitative estimate of drug-likeness (QED) is 0.313. The maximum absolute atomic E-state index is 5.45. The molecule has 0 fully saturated rings. The summed E-state index contributed by atoms with van der Waals surface area (Å²) in [5.41, 5.74) is 3.40. The van der Waals surface area contributed by atoms with E-state index in [4.69, 9.17) is 9.52 Å². The number of nitrogens with zero attached hydrogens (tertiary/aromatic N) is 3. The summed E-state index contributed by atoms with van der Waals surface area (Å²) in [6.45, 7) is 8.41. The molecule has 7 heteroatoms. The van der Waals surface area contributed by atoms with Gasteiger partial charge in [-0.15, -0.1) is 24.0 Å². The van der Waals surface area contributed by atoms with E-state index in [-0.39, 0.29) is 30.0 Å². The summed E-state index contributed by atoms with van der Waals surface area (Å²) >= 11 is 0. The molecular formula is C21H34IN5O. The van der Waals surface area contributed by atoms with Gasteiger partial charge in [0.2, 0.25) is 0 Å². The van der Waals surface area contributed by atoms with Gasteiger partial charge in [-0.1, -0.05) is 49.3 Å². The average molecular weight is 499 g/mol. The van der Waals surface area contributed by atoms with Gasteiger partial charge in [0.05, 0.1) is 18.3 Å². The molecule has 1 heterocycles. The summed E-state index contributed by atoms with van der Waals surface area (Å²) in [5, 5.41) is 11.0. The minimum atomic E-state index is 0. The van der Waals surface area contributed by atoms with Gasteiger partial charge in [0.25, 0.3) is 0 Å². The molecule has 0 spiro atoms. The topological polar surface area (TPSA) is 65.7 Å². The fraction of sp³-hybridized carbons (Fsp3) is 0.524. The molecule has 2 aromatic rings. The normalized spacial score (nSPS) is 12.6. The standard InChI is InChI=1S/C21H33N5O.HI/c1-6-18-17(20(7-2)27-25-18)14-23-21(22-8-3)24-15-19(26(4)5)16-12-10-9-11-13-16;/h9-13,19H,6-8,14-15H2,1-5H3,(H2,22,23,24);1H. The first-order valence-electron chi connectivity index (χ1n) is 9.80. The number of nitrogens with one attached hydrogen (secondary N) is 2. The van der Waals surface area contributed by atoms with Gasteiger partial charge >= 0.3 is 0 Å². The largest absolute Gasteiger partial charge is 0.361 e. The first-order valence-corrected chi connectivity index (χ1v) is 9.80. The van der Waals surface area contributed by atoms with E-state index in [1.54, 1.807) is 0 Å². The van der Waals surface area contributed by atoms with E-state index in [9.17, 15) is 0 Å². The molecule has 0 radical (unpaired) electrons. The van der Waals surface area contributed by atoms with Gasteiger partial charge in [0, 0.05) is 25.1 Å². The third-order valence-electron chi connectivity index (χ3n) is 4.62. The highest BCUT2D eigenvalue weighted by molar-refractivity contribution is 14.0. The van der Waals surface area contributed by atoms with Crippen LogP contribution in [0.25, 0.3) is 0 Å². The molecule has 2 N–H and O–H groups in total. The van der Waals surface area contributed by atoms with Crippen LogP contribution in [-0.2, 0) is 19.4 Å². The summed E-state index contributed by atoms with van der Waals surface area (Å²) in [7, 11) is 4.20. The lowest BCUT2D eigenvalue weighted by Gasteiger charge is -2.26. The zero-order valence-corrected chi connectivity index (χ0v) is 20.0. The Balaban J connectivity index is 0.00000392. The molecule has 1 unspecified atom stereocenters. The van der Waals surface area contributed by atoms with Gasteiger partial charge in [-0.2, -0.15) is 0 Å². The average Bonchev–Trinajstić information content (AvgIpc) is 3.08. The molecule has 156 valence electrons. The van der Waals surface area contributed by atoms with Gasteiger partial charge in [-0.3, -0.25) is 0 Å². The van der Waals surface area contributed by atoms with Crippen LogP contribution < -0.4 is 10.6 Å².